The second-order valence-electron chi connectivity index (χ2n) is 9.28. The van der Waals surface area contributed by atoms with Crippen LogP contribution >= 0.6 is 0 Å². The molecule has 0 spiro atoms. The number of fused-ring (bicyclic) bond motifs is 2. The molecular weight excluding hydrogens is 447 g/mol. The summed E-state index contributed by atoms with van der Waals surface area (Å²) < 4.78 is 20.1. The molecule has 9 heteroatoms. The monoisotopic (exact) mass is 470 g/mol. The number of amides is 1. The average Bonchev–Trinajstić information content (AvgIpc) is 3.72. The number of nitrogens with zero attached hydrogens (tertiary/aromatic N) is 5. The number of benzene rings is 1. The lowest BCUT2D eigenvalue weighted by Gasteiger charge is -2.29. The van der Waals surface area contributed by atoms with Crippen molar-refractivity contribution in [1.82, 2.24) is 30.5 Å². The molecule has 4 heterocycles. The van der Waals surface area contributed by atoms with Crippen LogP contribution in [0.15, 0.2) is 48.8 Å². The number of ether oxygens (including phenoxy) is 1. The second-order valence-corrected chi connectivity index (χ2v) is 9.28. The van der Waals surface area contributed by atoms with Gasteiger partial charge in [0.05, 0.1) is 48.6 Å². The minimum Gasteiger partial charge on any atom is -0.373 e. The van der Waals surface area contributed by atoms with E-state index in [-0.39, 0.29) is 19.1 Å². The van der Waals surface area contributed by atoms with Crippen LogP contribution in [0.5, 0.6) is 0 Å². The molecule has 1 N–H and O–H groups in total. The molecule has 0 unspecified atom stereocenters. The zero-order valence-electron chi connectivity index (χ0n) is 19.2. The Morgan fingerprint density at radius 2 is 1.97 bits per heavy atom. The van der Waals surface area contributed by atoms with Crippen LogP contribution in [0.25, 0.3) is 22.4 Å². The molecule has 1 aliphatic heterocycles. The van der Waals surface area contributed by atoms with Gasteiger partial charge in [0.15, 0.2) is 5.67 Å². The summed E-state index contributed by atoms with van der Waals surface area (Å²) in [7, 11) is 0. The molecule has 176 valence electrons. The second kappa shape index (κ2) is 8.42. The van der Waals surface area contributed by atoms with Gasteiger partial charge in [-0.25, -0.2) is 14.4 Å². The molecule has 1 saturated carbocycles. The van der Waals surface area contributed by atoms with Crippen molar-refractivity contribution in [2.45, 2.75) is 44.5 Å². The third-order valence-corrected chi connectivity index (χ3v) is 6.40. The molecule has 2 aliphatic rings. The normalized spacial score (nSPS) is 19.4. The molecule has 4 aromatic rings. The maximum absolute atomic E-state index is 14.8. The summed E-state index contributed by atoms with van der Waals surface area (Å²) in [5.74, 6) is 0.192. The molecule has 8 nitrogen and oxygen atoms in total. The highest BCUT2D eigenvalue weighted by molar-refractivity contribution is 5.94. The molecular formula is C26H23FN6O2. The van der Waals surface area contributed by atoms with Gasteiger partial charge in [-0.05, 0) is 61.2 Å². The van der Waals surface area contributed by atoms with Crippen molar-refractivity contribution in [2.75, 3.05) is 6.61 Å². The zero-order valence-corrected chi connectivity index (χ0v) is 19.2. The van der Waals surface area contributed by atoms with Gasteiger partial charge in [-0.2, -0.15) is 5.10 Å². The first-order valence-electron chi connectivity index (χ1n) is 11.6. The highest BCUT2D eigenvalue weighted by atomic mass is 19.1. The van der Waals surface area contributed by atoms with Gasteiger partial charge < -0.3 is 10.1 Å². The summed E-state index contributed by atoms with van der Waals surface area (Å²) in [5, 5.41) is 11.3. The van der Waals surface area contributed by atoms with E-state index in [4.69, 9.17) is 14.7 Å². The van der Waals surface area contributed by atoms with Crippen LogP contribution in [0.4, 0.5) is 4.39 Å². The minimum absolute atomic E-state index is 0.0246. The molecule has 1 aromatic carbocycles. The highest BCUT2D eigenvalue weighted by Gasteiger charge is 2.33. The van der Waals surface area contributed by atoms with E-state index < -0.39 is 5.67 Å². The molecule has 0 radical (unpaired) electrons. The molecule has 6 rings (SSSR count). The first-order chi connectivity index (χ1) is 17.0. The number of halogens is 1. The lowest BCUT2D eigenvalue weighted by atomic mass is 9.90. The van der Waals surface area contributed by atoms with Gasteiger partial charge in [-0.3, -0.25) is 9.78 Å². The van der Waals surface area contributed by atoms with E-state index in [9.17, 15) is 9.18 Å². The lowest BCUT2D eigenvalue weighted by Crippen LogP contribution is -2.30. The maximum Gasteiger partial charge on any atom is 0.251 e. The number of nitrogens with one attached hydrogen (secondary N) is 1. The van der Waals surface area contributed by atoms with Gasteiger partial charge in [0, 0.05) is 17.7 Å². The van der Waals surface area contributed by atoms with Crippen molar-refractivity contribution in [3.05, 3.63) is 76.9 Å². The van der Waals surface area contributed by atoms with E-state index >= 15 is 0 Å². The van der Waals surface area contributed by atoms with Crippen LogP contribution in [0, 0.1) is 0 Å². The minimum atomic E-state index is -1.63. The number of hydrogen-bond donors (Lipinski definition) is 1. The van der Waals surface area contributed by atoms with Crippen molar-refractivity contribution in [3.8, 4) is 11.4 Å². The standard InChI is InChI=1S/C26H23FN6O2/c1-26(27)14-35-13-17-5-4-16(8-19(17)26)25(34)29-10-18-9-22-21(33-32-18)7-6-20(30-22)24-12-28-11-23(31-24)15-2-3-15/h4-9,11-12,15H,2-3,10,13-14H2,1H3,(H,29,34)/t26-/m1/s1. The van der Waals surface area contributed by atoms with Crippen molar-refractivity contribution >= 4 is 16.9 Å². The van der Waals surface area contributed by atoms with Gasteiger partial charge in [0.2, 0.25) is 0 Å². The highest BCUT2D eigenvalue weighted by Crippen LogP contribution is 2.39. The lowest BCUT2D eigenvalue weighted by molar-refractivity contribution is -0.00467. The average molecular weight is 471 g/mol. The topological polar surface area (TPSA) is 103 Å². The van der Waals surface area contributed by atoms with Gasteiger partial charge in [-0.1, -0.05) is 6.07 Å². The number of pyridine rings is 1. The van der Waals surface area contributed by atoms with Crippen molar-refractivity contribution < 1.29 is 13.9 Å². The number of hydrogen-bond acceptors (Lipinski definition) is 7. The van der Waals surface area contributed by atoms with Gasteiger partial charge in [0.1, 0.15) is 11.2 Å². The van der Waals surface area contributed by atoms with Crippen LogP contribution in [0.2, 0.25) is 0 Å². The molecule has 0 saturated heterocycles. The summed E-state index contributed by atoms with van der Waals surface area (Å²) >= 11 is 0. The van der Waals surface area contributed by atoms with Crippen LogP contribution in [0.1, 0.15) is 58.6 Å². The predicted molar refractivity (Wildman–Crippen MR) is 126 cm³/mol. The van der Waals surface area contributed by atoms with E-state index in [0.717, 1.165) is 29.8 Å². The number of carbonyl (C=O) groups excluding carboxylic acids is 1. The summed E-state index contributed by atoms with van der Waals surface area (Å²) in [5.41, 5.74) is 4.32. The molecule has 1 fully saturated rings. The Labute approximate surface area is 201 Å². The molecule has 1 atom stereocenters. The zero-order chi connectivity index (χ0) is 24.0. The molecule has 3 aromatic heterocycles. The van der Waals surface area contributed by atoms with E-state index in [0.29, 0.717) is 46.1 Å². The predicted octanol–water partition coefficient (Wildman–Crippen LogP) is 4.00. The van der Waals surface area contributed by atoms with Crippen molar-refractivity contribution in [3.63, 3.8) is 0 Å². The van der Waals surface area contributed by atoms with Crippen molar-refractivity contribution in [2.24, 2.45) is 0 Å². The largest absolute Gasteiger partial charge is 0.373 e. The Hall–Kier alpha value is -3.85. The molecule has 0 bridgehead atoms. The van der Waals surface area contributed by atoms with E-state index in [1.807, 2.05) is 18.3 Å². The summed E-state index contributed by atoms with van der Waals surface area (Å²) in [6.07, 6.45) is 5.84. The number of carbonyl (C=O) groups is 1. The third-order valence-electron chi connectivity index (χ3n) is 6.40. The molecule has 1 amide bonds. The SMILES string of the molecule is C[C@@]1(F)COCc2ccc(C(=O)NCc3cc4nc(-c5cncc(C6CC6)n5)ccc4nn3)cc21. The Kier molecular flexibility index (Phi) is 5.21. The number of rotatable bonds is 5. The van der Waals surface area contributed by atoms with E-state index in [2.05, 4.69) is 20.5 Å². The fourth-order valence-corrected chi connectivity index (χ4v) is 4.30. The van der Waals surface area contributed by atoms with E-state index in [1.54, 1.807) is 30.5 Å². The Morgan fingerprint density at radius 1 is 1.09 bits per heavy atom. The van der Waals surface area contributed by atoms with Crippen molar-refractivity contribution in [1.29, 1.82) is 0 Å². The fraction of sp³-hybridized carbons (Fsp3) is 0.308. The number of aromatic nitrogens is 5. The molecule has 1 aliphatic carbocycles. The summed E-state index contributed by atoms with van der Waals surface area (Å²) in [4.78, 5) is 26.5. The summed E-state index contributed by atoms with van der Waals surface area (Å²) in [6, 6.07) is 10.5. The first kappa shape index (κ1) is 21.7. The first-order valence-corrected chi connectivity index (χ1v) is 11.6. The quantitative estimate of drug-likeness (QED) is 0.470. The maximum atomic E-state index is 14.8. The Bertz CT molecular complexity index is 1450. The van der Waals surface area contributed by atoms with Crippen LogP contribution in [-0.2, 0) is 23.6 Å². The van der Waals surface area contributed by atoms with Gasteiger partial charge in [-0.15, -0.1) is 5.10 Å². The van der Waals surface area contributed by atoms with Gasteiger partial charge >= 0.3 is 0 Å². The fourth-order valence-electron chi connectivity index (χ4n) is 4.30. The Morgan fingerprint density at radius 3 is 2.83 bits per heavy atom. The van der Waals surface area contributed by atoms with Gasteiger partial charge in [0.25, 0.3) is 5.91 Å². The number of alkyl halides is 1. The third kappa shape index (κ3) is 4.35. The van der Waals surface area contributed by atoms with E-state index in [1.165, 1.54) is 6.92 Å². The van der Waals surface area contributed by atoms with Crippen LogP contribution < -0.4 is 5.32 Å². The smallest absolute Gasteiger partial charge is 0.251 e. The van der Waals surface area contributed by atoms with Crippen LogP contribution in [-0.4, -0.2) is 37.7 Å². The Balaban J connectivity index is 1.20. The summed E-state index contributed by atoms with van der Waals surface area (Å²) in [6.45, 7) is 1.95. The molecule has 35 heavy (non-hydrogen) atoms. The van der Waals surface area contributed by atoms with Crippen LogP contribution in [0.3, 0.4) is 0 Å².